The van der Waals surface area contributed by atoms with Gasteiger partial charge in [-0.25, -0.2) is 13.8 Å². The molecule has 198 valence electrons. The third-order valence-corrected chi connectivity index (χ3v) is 5.70. The highest BCUT2D eigenvalue weighted by molar-refractivity contribution is 7.17. The van der Waals surface area contributed by atoms with Crippen LogP contribution in [0.25, 0.3) is 0 Å². The maximum Gasteiger partial charge on any atom is 0.317 e. The Bertz CT molecular complexity index is 1090. The number of nitrogens with one attached hydrogen (secondary N) is 1. The first kappa shape index (κ1) is 29.4. The number of allylic oxidation sites excluding steroid dienone is 1. The monoisotopic (exact) mass is 532 g/mol. The van der Waals surface area contributed by atoms with Gasteiger partial charge < -0.3 is 9.73 Å². The molecule has 0 aliphatic carbocycles. The van der Waals surface area contributed by atoms with Gasteiger partial charge in [0.05, 0.1) is 18.3 Å². The van der Waals surface area contributed by atoms with Crippen LogP contribution in [0.5, 0.6) is 0 Å². The highest BCUT2D eigenvalue weighted by Crippen LogP contribution is 2.41. The molecule has 0 aromatic carbocycles. The smallest absolute Gasteiger partial charge is 0.317 e. The molecular formula is C23H29F4N4O4P. The van der Waals surface area contributed by atoms with Gasteiger partial charge >= 0.3 is 5.66 Å². The summed E-state index contributed by atoms with van der Waals surface area (Å²) in [5, 5.41) is 7.70. The summed E-state index contributed by atoms with van der Waals surface area (Å²) in [6, 6.07) is 0.296. The standard InChI is InChI=1S/C23H29F4N4O4P/c1-5-8-14(15(25)11-24)12-31-22(33)18(19(29-34)17(7-3)30(31)9-6-2)21(32)28-16-10-13(4)35-20(16)23(26,27)36/h8,10-11,17H,5-7,9,12,36H2,1-4H3,(H,28,32)/b14-8-,15-11-/t17-/m0/s1. The summed E-state index contributed by atoms with van der Waals surface area (Å²) in [4.78, 5) is 38.6. The molecular weight excluding hydrogens is 503 g/mol. The Morgan fingerprint density at radius 1 is 1.33 bits per heavy atom. The van der Waals surface area contributed by atoms with Crippen LogP contribution < -0.4 is 5.32 Å². The first-order chi connectivity index (χ1) is 16.9. The molecule has 1 aromatic heterocycles. The number of aryl methyl sites for hydroxylation is 1. The second kappa shape index (κ2) is 12.4. The number of nitrogens with zero attached hydrogens (tertiary/aromatic N) is 3. The lowest BCUT2D eigenvalue weighted by molar-refractivity contribution is -0.151. The number of rotatable bonds is 11. The zero-order valence-corrected chi connectivity index (χ0v) is 21.6. The van der Waals surface area contributed by atoms with Gasteiger partial charge in [0, 0.05) is 18.2 Å². The van der Waals surface area contributed by atoms with Crippen LogP contribution in [-0.4, -0.2) is 41.0 Å². The minimum atomic E-state index is -3.53. The van der Waals surface area contributed by atoms with Crippen molar-refractivity contribution in [1.82, 2.24) is 10.0 Å². The molecule has 0 saturated carbocycles. The van der Waals surface area contributed by atoms with Crippen molar-refractivity contribution in [2.24, 2.45) is 5.18 Å². The zero-order chi connectivity index (χ0) is 27.2. The predicted octanol–water partition coefficient (Wildman–Crippen LogP) is 5.84. The Balaban J connectivity index is 2.62. The number of anilines is 1. The molecule has 1 aliphatic heterocycles. The molecule has 36 heavy (non-hydrogen) atoms. The summed E-state index contributed by atoms with van der Waals surface area (Å²) >= 11 is 0. The summed E-state index contributed by atoms with van der Waals surface area (Å²) in [5.41, 5.74) is -5.12. The average Bonchev–Trinajstić information content (AvgIpc) is 3.20. The number of alkyl halides is 2. The number of carbonyl (C=O) groups is 2. The highest BCUT2D eigenvalue weighted by atomic mass is 31.0. The van der Waals surface area contributed by atoms with Gasteiger partial charge in [0.1, 0.15) is 23.4 Å². The van der Waals surface area contributed by atoms with Crippen molar-refractivity contribution in [3.05, 3.63) is 57.6 Å². The fourth-order valence-electron chi connectivity index (χ4n) is 3.98. The molecule has 0 spiro atoms. The molecule has 8 nitrogen and oxygen atoms in total. The number of nitroso groups, excluding NO2 is 1. The predicted molar refractivity (Wildman–Crippen MR) is 130 cm³/mol. The van der Waals surface area contributed by atoms with Gasteiger partial charge in [-0.2, -0.15) is 8.78 Å². The van der Waals surface area contributed by atoms with Crippen molar-refractivity contribution in [2.45, 2.75) is 58.7 Å². The number of amides is 2. The minimum absolute atomic E-state index is 0.0742. The number of halogens is 4. The lowest BCUT2D eigenvalue weighted by atomic mass is 9.99. The van der Waals surface area contributed by atoms with E-state index in [-0.39, 0.29) is 36.3 Å². The summed E-state index contributed by atoms with van der Waals surface area (Å²) in [5.74, 6) is -4.14. The van der Waals surface area contributed by atoms with Crippen molar-refractivity contribution in [3.63, 3.8) is 0 Å². The number of furan rings is 1. The Kier molecular flexibility index (Phi) is 10.1. The quantitative estimate of drug-likeness (QED) is 0.127. The molecule has 0 bridgehead atoms. The number of carbonyl (C=O) groups excluding carboxylic acids is 2. The lowest BCUT2D eigenvalue weighted by Crippen LogP contribution is -2.58. The molecule has 13 heteroatoms. The van der Waals surface area contributed by atoms with Crippen LogP contribution in [0.15, 0.2) is 50.7 Å². The van der Waals surface area contributed by atoms with Crippen LogP contribution in [0.2, 0.25) is 0 Å². The zero-order valence-electron chi connectivity index (χ0n) is 20.4. The van der Waals surface area contributed by atoms with Crippen LogP contribution in [0.3, 0.4) is 0 Å². The largest absolute Gasteiger partial charge is 0.457 e. The normalized spacial score (nSPS) is 18.2. The molecule has 1 N–H and O–H groups in total. The van der Waals surface area contributed by atoms with E-state index in [1.165, 1.54) is 27.2 Å². The van der Waals surface area contributed by atoms with E-state index < -0.39 is 52.9 Å². The van der Waals surface area contributed by atoms with Crippen LogP contribution in [0.1, 0.15) is 51.6 Å². The SMILES string of the molecule is CC/C=C(CN1C(=O)C(C(=O)Nc2cc(C)oc2C(F)(F)P)=C(N=O)[C@H](CC)N1CCC)\C(F)=C\F. The summed E-state index contributed by atoms with van der Waals surface area (Å²) < 4.78 is 60.1. The third-order valence-electron chi connectivity index (χ3n) is 5.43. The van der Waals surface area contributed by atoms with E-state index in [4.69, 9.17) is 4.42 Å². The summed E-state index contributed by atoms with van der Waals surface area (Å²) in [7, 11) is 1.29. The average molecular weight is 532 g/mol. The van der Waals surface area contributed by atoms with E-state index in [0.717, 1.165) is 11.1 Å². The molecule has 2 atom stereocenters. The van der Waals surface area contributed by atoms with Crippen molar-refractivity contribution in [2.75, 3.05) is 18.4 Å². The number of hydrogen-bond acceptors (Lipinski definition) is 6. The number of hydrazine groups is 1. The lowest BCUT2D eigenvalue weighted by Gasteiger charge is -2.43. The minimum Gasteiger partial charge on any atom is -0.457 e. The summed E-state index contributed by atoms with van der Waals surface area (Å²) in [6.07, 6.45) is 2.24. The molecule has 0 saturated heterocycles. The van der Waals surface area contributed by atoms with Gasteiger partial charge in [-0.1, -0.05) is 36.1 Å². The van der Waals surface area contributed by atoms with Crippen LogP contribution in [-0.2, 0) is 15.3 Å². The van der Waals surface area contributed by atoms with Crippen LogP contribution >= 0.6 is 9.24 Å². The Morgan fingerprint density at radius 3 is 2.50 bits per heavy atom. The van der Waals surface area contributed by atoms with E-state index in [0.29, 0.717) is 12.8 Å². The molecule has 0 fully saturated rings. The van der Waals surface area contributed by atoms with E-state index in [2.05, 4.69) is 10.5 Å². The van der Waals surface area contributed by atoms with Crippen molar-refractivity contribution in [1.29, 1.82) is 0 Å². The van der Waals surface area contributed by atoms with E-state index >= 15 is 0 Å². The maximum atomic E-state index is 14.2. The second-order valence-corrected chi connectivity index (χ2v) is 8.80. The number of hydrogen-bond donors (Lipinski definition) is 1. The molecule has 2 heterocycles. The van der Waals surface area contributed by atoms with Crippen molar-refractivity contribution >= 4 is 26.7 Å². The fraction of sp³-hybridized carbons (Fsp3) is 0.478. The Hall–Kier alpha value is -2.85. The Labute approximate surface area is 208 Å². The van der Waals surface area contributed by atoms with Crippen LogP contribution in [0.4, 0.5) is 23.2 Å². The van der Waals surface area contributed by atoms with Gasteiger partial charge in [0.2, 0.25) is 0 Å². The first-order valence-electron chi connectivity index (χ1n) is 11.3. The van der Waals surface area contributed by atoms with Gasteiger partial charge in [0.25, 0.3) is 11.8 Å². The van der Waals surface area contributed by atoms with E-state index in [9.17, 15) is 32.1 Å². The second-order valence-electron chi connectivity index (χ2n) is 8.07. The summed E-state index contributed by atoms with van der Waals surface area (Å²) in [6.45, 7) is 6.40. The molecule has 0 radical (unpaired) electrons. The molecule has 1 aromatic rings. The molecule has 1 aliphatic rings. The highest BCUT2D eigenvalue weighted by Gasteiger charge is 2.44. The maximum absolute atomic E-state index is 14.2. The molecule has 2 rings (SSSR count). The van der Waals surface area contributed by atoms with Gasteiger partial charge in [-0.15, -0.1) is 4.91 Å². The Morgan fingerprint density at radius 2 is 2.00 bits per heavy atom. The van der Waals surface area contributed by atoms with Gasteiger partial charge in [-0.05, 0) is 31.4 Å². The topological polar surface area (TPSA) is 95.2 Å². The van der Waals surface area contributed by atoms with Crippen molar-refractivity contribution in [3.8, 4) is 0 Å². The van der Waals surface area contributed by atoms with E-state index in [1.807, 2.05) is 6.92 Å². The fourth-order valence-corrected chi connectivity index (χ4v) is 4.19. The van der Waals surface area contributed by atoms with E-state index in [1.54, 1.807) is 13.8 Å². The van der Waals surface area contributed by atoms with Gasteiger partial charge in [0.15, 0.2) is 11.6 Å². The van der Waals surface area contributed by atoms with Gasteiger partial charge in [-0.3, -0.25) is 14.6 Å². The molecule has 1 unspecified atom stereocenters. The van der Waals surface area contributed by atoms with Crippen molar-refractivity contribution < 1.29 is 31.6 Å². The van der Waals surface area contributed by atoms with Crippen LogP contribution in [0, 0.1) is 11.8 Å². The first-order valence-corrected chi connectivity index (χ1v) is 11.9. The molecule has 2 amide bonds. The third kappa shape index (κ3) is 6.28.